The predicted molar refractivity (Wildman–Crippen MR) is 113 cm³/mol. The van der Waals surface area contributed by atoms with Crippen LogP contribution in [-0.4, -0.2) is 46.5 Å². The van der Waals surface area contributed by atoms with Gasteiger partial charge in [-0.25, -0.2) is 4.79 Å². The van der Waals surface area contributed by atoms with Crippen LogP contribution in [-0.2, 0) is 14.3 Å². The Morgan fingerprint density at radius 2 is 1.55 bits per heavy atom. The Kier molecular flexibility index (Phi) is 8.24. The summed E-state index contributed by atoms with van der Waals surface area (Å²) in [6.45, 7) is 14.3. The molecule has 0 aromatic heterocycles. The highest BCUT2D eigenvalue weighted by Crippen LogP contribution is 2.29. The van der Waals surface area contributed by atoms with Gasteiger partial charge < -0.3 is 20.3 Å². The van der Waals surface area contributed by atoms with Crippen molar-refractivity contribution in [2.75, 3.05) is 6.54 Å². The molecule has 7 nitrogen and oxygen atoms in total. The first-order valence-electron chi connectivity index (χ1n) is 9.86. The summed E-state index contributed by atoms with van der Waals surface area (Å²) in [5, 5.41) is 5.39. The van der Waals surface area contributed by atoms with E-state index in [9.17, 15) is 14.4 Å². The van der Waals surface area contributed by atoms with Gasteiger partial charge >= 0.3 is 6.09 Å². The first-order valence-corrected chi connectivity index (χ1v) is 9.86. The van der Waals surface area contributed by atoms with Crippen molar-refractivity contribution in [2.24, 2.45) is 0 Å². The van der Waals surface area contributed by atoms with Gasteiger partial charge in [-0.2, -0.15) is 0 Å². The lowest BCUT2D eigenvalue weighted by atomic mass is 9.96. The van der Waals surface area contributed by atoms with Gasteiger partial charge in [0.25, 0.3) is 0 Å². The van der Waals surface area contributed by atoms with Crippen LogP contribution in [0, 0.1) is 0 Å². The number of hydrogen-bond acceptors (Lipinski definition) is 4. The number of benzene rings is 1. The van der Waals surface area contributed by atoms with Crippen LogP contribution in [0.2, 0.25) is 0 Å². The molecule has 0 spiro atoms. The van der Waals surface area contributed by atoms with Gasteiger partial charge in [-0.15, -0.1) is 0 Å². The molecule has 0 bridgehead atoms. The van der Waals surface area contributed by atoms with Gasteiger partial charge in [0.2, 0.25) is 11.8 Å². The molecule has 162 valence electrons. The molecular weight excluding hydrogens is 370 g/mol. The highest BCUT2D eigenvalue weighted by atomic mass is 16.6. The number of nitrogens with zero attached hydrogens (tertiary/aromatic N) is 1. The Morgan fingerprint density at radius 3 is 2.00 bits per heavy atom. The van der Waals surface area contributed by atoms with Crippen LogP contribution in [0.4, 0.5) is 4.79 Å². The molecular formula is C22H35N3O4. The van der Waals surface area contributed by atoms with Gasteiger partial charge in [0.1, 0.15) is 18.2 Å². The largest absolute Gasteiger partial charge is 0.444 e. The highest BCUT2D eigenvalue weighted by Gasteiger charge is 2.38. The summed E-state index contributed by atoms with van der Waals surface area (Å²) in [5.74, 6) is -0.650. The lowest BCUT2D eigenvalue weighted by molar-refractivity contribution is -0.146. The maximum Gasteiger partial charge on any atom is 0.408 e. The molecule has 7 heteroatoms. The number of amides is 3. The summed E-state index contributed by atoms with van der Waals surface area (Å²) < 4.78 is 5.20. The van der Waals surface area contributed by atoms with Crippen molar-refractivity contribution in [1.29, 1.82) is 0 Å². The van der Waals surface area contributed by atoms with Gasteiger partial charge in [-0.1, -0.05) is 30.3 Å². The van der Waals surface area contributed by atoms with E-state index in [1.807, 2.05) is 65.0 Å². The fourth-order valence-electron chi connectivity index (χ4n) is 2.87. The molecule has 0 radical (unpaired) electrons. The van der Waals surface area contributed by atoms with Gasteiger partial charge in [0.05, 0.1) is 0 Å². The zero-order chi connectivity index (χ0) is 22.4. The number of ether oxygens (including phenoxy) is 1. The number of nitrogens with one attached hydrogen (secondary N) is 2. The van der Waals surface area contributed by atoms with Crippen LogP contribution in [0.5, 0.6) is 0 Å². The molecule has 0 aliphatic heterocycles. The molecule has 1 aromatic carbocycles. The molecule has 1 unspecified atom stereocenters. The van der Waals surface area contributed by atoms with Crippen molar-refractivity contribution in [3.8, 4) is 0 Å². The van der Waals surface area contributed by atoms with Gasteiger partial charge in [-0.05, 0) is 61.0 Å². The van der Waals surface area contributed by atoms with E-state index in [1.54, 1.807) is 20.8 Å². The molecule has 0 saturated heterocycles. The molecule has 0 aliphatic rings. The highest BCUT2D eigenvalue weighted by molar-refractivity contribution is 5.91. The zero-order valence-electron chi connectivity index (χ0n) is 18.8. The quantitative estimate of drug-likeness (QED) is 0.759. The minimum absolute atomic E-state index is 0.0782. The number of carbonyl (C=O) groups is 3. The van der Waals surface area contributed by atoms with E-state index in [0.717, 1.165) is 0 Å². The lowest BCUT2D eigenvalue weighted by Crippen LogP contribution is -2.55. The Hall–Kier alpha value is -2.57. The van der Waals surface area contributed by atoms with Crippen LogP contribution in [0.1, 0.15) is 67.0 Å². The summed E-state index contributed by atoms with van der Waals surface area (Å²) in [6.07, 6.45) is -0.678. The number of carbonyl (C=O) groups excluding carboxylic acids is 3. The number of alkyl carbamates (subject to hydrolysis) is 1. The second-order valence-corrected chi connectivity index (χ2v) is 9.27. The summed E-state index contributed by atoms with van der Waals surface area (Å²) in [7, 11) is 0. The van der Waals surface area contributed by atoms with E-state index >= 15 is 0 Å². The van der Waals surface area contributed by atoms with E-state index in [4.69, 9.17) is 4.74 Å². The topological polar surface area (TPSA) is 87.7 Å². The fraction of sp³-hybridized carbons (Fsp3) is 0.591. The van der Waals surface area contributed by atoms with Crippen molar-refractivity contribution in [2.45, 2.75) is 78.6 Å². The van der Waals surface area contributed by atoms with E-state index in [-0.39, 0.29) is 24.4 Å². The van der Waals surface area contributed by atoms with Crippen LogP contribution >= 0.6 is 0 Å². The second-order valence-electron chi connectivity index (χ2n) is 9.27. The third kappa shape index (κ3) is 8.13. The SMILES string of the molecule is CC(C)NC(=O)C(c1ccccc1)N(C(=O)CNC(=O)OC(C)(C)C)C(C)(C)C. The van der Waals surface area contributed by atoms with Crippen molar-refractivity contribution >= 4 is 17.9 Å². The molecule has 0 saturated carbocycles. The zero-order valence-corrected chi connectivity index (χ0v) is 18.8. The van der Waals surface area contributed by atoms with E-state index in [1.165, 1.54) is 4.90 Å². The summed E-state index contributed by atoms with van der Waals surface area (Å²) in [6, 6.07) is 8.24. The molecule has 1 aromatic rings. The molecule has 0 fully saturated rings. The molecule has 1 rings (SSSR count). The van der Waals surface area contributed by atoms with Crippen molar-refractivity contribution in [3.05, 3.63) is 35.9 Å². The average Bonchev–Trinajstić information content (AvgIpc) is 2.54. The molecule has 2 N–H and O–H groups in total. The van der Waals surface area contributed by atoms with Crippen molar-refractivity contribution in [3.63, 3.8) is 0 Å². The van der Waals surface area contributed by atoms with Crippen LogP contribution in [0.15, 0.2) is 30.3 Å². The Bertz CT molecular complexity index is 703. The summed E-state index contributed by atoms with van der Waals surface area (Å²) in [4.78, 5) is 39.7. The van der Waals surface area contributed by atoms with Gasteiger partial charge in [-0.3, -0.25) is 9.59 Å². The Labute approximate surface area is 174 Å². The summed E-state index contributed by atoms with van der Waals surface area (Å²) in [5.41, 5.74) is -0.631. The molecule has 1 atom stereocenters. The molecule has 0 heterocycles. The standard InChI is InChI=1S/C22H35N3O4/c1-15(2)24-19(27)18(16-12-10-9-11-13-16)25(21(3,4)5)17(26)14-23-20(28)29-22(6,7)8/h9-13,15,18H,14H2,1-8H3,(H,23,28)(H,24,27). The van der Waals surface area contributed by atoms with Gasteiger partial charge in [0, 0.05) is 11.6 Å². The third-order valence-electron chi connectivity index (χ3n) is 3.83. The minimum atomic E-state index is -0.827. The Balaban J connectivity index is 3.18. The number of rotatable bonds is 6. The normalized spacial score (nSPS) is 12.9. The third-order valence-corrected chi connectivity index (χ3v) is 3.83. The monoisotopic (exact) mass is 405 g/mol. The molecule has 3 amide bonds. The second kappa shape index (κ2) is 9.76. The van der Waals surface area contributed by atoms with E-state index in [0.29, 0.717) is 5.56 Å². The van der Waals surface area contributed by atoms with E-state index in [2.05, 4.69) is 10.6 Å². The predicted octanol–water partition coefficient (Wildman–Crippen LogP) is 3.40. The Morgan fingerprint density at radius 1 is 1.00 bits per heavy atom. The maximum absolute atomic E-state index is 13.1. The molecule has 0 aliphatic carbocycles. The van der Waals surface area contributed by atoms with Crippen molar-refractivity contribution < 1.29 is 19.1 Å². The number of hydrogen-bond donors (Lipinski definition) is 2. The smallest absolute Gasteiger partial charge is 0.408 e. The first-order chi connectivity index (χ1) is 13.2. The lowest BCUT2D eigenvalue weighted by Gasteiger charge is -2.41. The minimum Gasteiger partial charge on any atom is -0.444 e. The maximum atomic E-state index is 13.1. The first kappa shape index (κ1) is 24.5. The van der Waals surface area contributed by atoms with Gasteiger partial charge in [0.15, 0.2) is 0 Å². The van der Waals surface area contributed by atoms with Crippen LogP contribution in [0.25, 0.3) is 0 Å². The van der Waals surface area contributed by atoms with Crippen molar-refractivity contribution in [1.82, 2.24) is 15.5 Å². The average molecular weight is 406 g/mol. The molecule has 29 heavy (non-hydrogen) atoms. The summed E-state index contributed by atoms with van der Waals surface area (Å²) >= 11 is 0. The van der Waals surface area contributed by atoms with Crippen LogP contribution in [0.3, 0.4) is 0 Å². The van der Waals surface area contributed by atoms with E-state index < -0.39 is 23.3 Å². The van der Waals surface area contributed by atoms with Crippen LogP contribution < -0.4 is 10.6 Å². The fourth-order valence-corrected chi connectivity index (χ4v) is 2.87.